The van der Waals surface area contributed by atoms with Gasteiger partial charge in [-0.15, -0.1) is 0 Å². The molecule has 0 amide bonds. The van der Waals surface area contributed by atoms with E-state index in [2.05, 4.69) is 20.1 Å². The van der Waals surface area contributed by atoms with E-state index in [0.29, 0.717) is 18.1 Å². The molecule has 7 nitrogen and oxygen atoms in total. The topological polar surface area (TPSA) is 91.0 Å². The predicted octanol–water partition coefficient (Wildman–Crippen LogP) is 1.83. The van der Waals surface area contributed by atoms with Crippen molar-refractivity contribution in [3.05, 3.63) is 24.5 Å². The first-order chi connectivity index (χ1) is 9.63. The Balaban J connectivity index is 2.28. The molecule has 0 bridgehead atoms. The Morgan fingerprint density at radius 3 is 2.85 bits per heavy atom. The molecule has 2 aromatic heterocycles. The summed E-state index contributed by atoms with van der Waals surface area (Å²) in [4.78, 5) is 24.0. The minimum atomic E-state index is -0.571. The highest BCUT2D eigenvalue weighted by atomic mass is 16.5. The van der Waals surface area contributed by atoms with Crippen LogP contribution in [-0.4, -0.2) is 32.7 Å². The molecule has 0 saturated carbocycles. The van der Waals surface area contributed by atoms with Crippen molar-refractivity contribution in [3.8, 4) is 11.5 Å². The molecule has 0 radical (unpaired) electrons. The number of carbonyl (C=O) groups excluding carboxylic acids is 1. The van der Waals surface area contributed by atoms with Crippen LogP contribution in [0.2, 0.25) is 0 Å². The van der Waals surface area contributed by atoms with Crippen LogP contribution in [0.1, 0.15) is 32.6 Å². The third-order valence-electron chi connectivity index (χ3n) is 2.73. The molecule has 0 aliphatic rings. The standard InChI is InChI=1S/C13H16N4O3/c1-4-19-13(18)10(8(2)3)12-16-11(17-20-12)9-5-6-14-7-15-9/h5-8,10H,4H2,1-3H3. The quantitative estimate of drug-likeness (QED) is 0.769. The van der Waals surface area contributed by atoms with Crippen LogP contribution >= 0.6 is 0 Å². The van der Waals surface area contributed by atoms with Gasteiger partial charge in [-0.25, -0.2) is 9.97 Å². The molecule has 1 atom stereocenters. The average molecular weight is 276 g/mol. The number of rotatable bonds is 5. The number of esters is 1. The molecule has 2 aromatic rings. The summed E-state index contributed by atoms with van der Waals surface area (Å²) >= 11 is 0. The van der Waals surface area contributed by atoms with Crippen molar-refractivity contribution in [1.82, 2.24) is 20.1 Å². The number of hydrogen-bond donors (Lipinski definition) is 0. The molecule has 0 N–H and O–H groups in total. The molecule has 106 valence electrons. The molecule has 2 heterocycles. The van der Waals surface area contributed by atoms with Crippen molar-refractivity contribution in [3.63, 3.8) is 0 Å². The van der Waals surface area contributed by atoms with Gasteiger partial charge in [-0.2, -0.15) is 4.98 Å². The fourth-order valence-electron chi connectivity index (χ4n) is 1.78. The Bertz CT molecular complexity index is 568. The summed E-state index contributed by atoms with van der Waals surface area (Å²) in [6.07, 6.45) is 2.99. The van der Waals surface area contributed by atoms with Crippen molar-refractivity contribution >= 4 is 5.97 Å². The summed E-state index contributed by atoms with van der Waals surface area (Å²) in [6.45, 7) is 5.87. The molecule has 1 unspecified atom stereocenters. The molecular weight excluding hydrogens is 260 g/mol. The van der Waals surface area contributed by atoms with Gasteiger partial charge in [0.05, 0.1) is 6.61 Å². The van der Waals surface area contributed by atoms with Crippen molar-refractivity contribution in [2.75, 3.05) is 6.61 Å². The largest absolute Gasteiger partial charge is 0.465 e. The highest BCUT2D eigenvalue weighted by Crippen LogP contribution is 2.26. The molecule has 2 rings (SSSR count). The summed E-state index contributed by atoms with van der Waals surface area (Å²) in [5.41, 5.74) is 0.543. The van der Waals surface area contributed by atoms with E-state index in [1.54, 1.807) is 19.2 Å². The molecule has 0 spiro atoms. The minimum Gasteiger partial charge on any atom is -0.465 e. The van der Waals surface area contributed by atoms with Crippen LogP contribution < -0.4 is 0 Å². The van der Waals surface area contributed by atoms with Crippen LogP contribution in [0.3, 0.4) is 0 Å². The van der Waals surface area contributed by atoms with Gasteiger partial charge in [0.1, 0.15) is 17.9 Å². The fourth-order valence-corrected chi connectivity index (χ4v) is 1.78. The second-order valence-electron chi connectivity index (χ2n) is 4.52. The lowest BCUT2D eigenvalue weighted by Gasteiger charge is -2.14. The van der Waals surface area contributed by atoms with Crippen molar-refractivity contribution < 1.29 is 14.1 Å². The van der Waals surface area contributed by atoms with Crippen molar-refractivity contribution in [2.45, 2.75) is 26.7 Å². The van der Waals surface area contributed by atoms with Crippen LogP contribution in [0.4, 0.5) is 0 Å². The third-order valence-corrected chi connectivity index (χ3v) is 2.73. The van der Waals surface area contributed by atoms with E-state index in [9.17, 15) is 4.79 Å². The normalized spacial score (nSPS) is 12.4. The SMILES string of the molecule is CCOC(=O)C(c1nc(-c2ccncn2)no1)C(C)C. The lowest BCUT2D eigenvalue weighted by atomic mass is 9.96. The monoisotopic (exact) mass is 276 g/mol. The zero-order valence-electron chi connectivity index (χ0n) is 11.6. The van der Waals surface area contributed by atoms with Gasteiger partial charge in [-0.05, 0) is 18.9 Å². The van der Waals surface area contributed by atoms with Crippen LogP contribution in [0.25, 0.3) is 11.5 Å². The van der Waals surface area contributed by atoms with Gasteiger partial charge in [0.2, 0.25) is 11.7 Å². The molecule has 0 saturated heterocycles. The maximum absolute atomic E-state index is 12.0. The molecule has 0 fully saturated rings. The zero-order valence-corrected chi connectivity index (χ0v) is 11.6. The minimum absolute atomic E-state index is 0.00671. The molecule has 0 aliphatic carbocycles. The van der Waals surface area contributed by atoms with E-state index in [4.69, 9.17) is 9.26 Å². The molecule has 7 heteroatoms. The van der Waals surface area contributed by atoms with Gasteiger partial charge >= 0.3 is 5.97 Å². The lowest BCUT2D eigenvalue weighted by molar-refractivity contribution is -0.146. The first-order valence-corrected chi connectivity index (χ1v) is 6.40. The highest BCUT2D eigenvalue weighted by molar-refractivity contribution is 5.77. The lowest BCUT2D eigenvalue weighted by Crippen LogP contribution is -2.21. The summed E-state index contributed by atoms with van der Waals surface area (Å²) in [5.74, 6) is -0.365. The number of ether oxygens (including phenoxy) is 1. The predicted molar refractivity (Wildman–Crippen MR) is 69.5 cm³/mol. The number of nitrogens with zero attached hydrogens (tertiary/aromatic N) is 4. The fraction of sp³-hybridized carbons (Fsp3) is 0.462. The zero-order chi connectivity index (χ0) is 14.5. The Morgan fingerprint density at radius 2 is 2.25 bits per heavy atom. The first-order valence-electron chi connectivity index (χ1n) is 6.40. The maximum atomic E-state index is 12.0. The van der Waals surface area contributed by atoms with Gasteiger partial charge in [-0.3, -0.25) is 4.79 Å². The van der Waals surface area contributed by atoms with Gasteiger partial charge in [0.15, 0.2) is 0 Å². The summed E-state index contributed by atoms with van der Waals surface area (Å²) in [5, 5.41) is 3.85. The van der Waals surface area contributed by atoms with E-state index in [0.717, 1.165) is 0 Å². The van der Waals surface area contributed by atoms with Gasteiger partial charge in [0, 0.05) is 6.20 Å². The van der Waals surface area contributed by atoms with Crippen LogP contribution in [0.15, 0.2) is 23.1 Å². The number of aromatic nitrogens is 4. The smallest absolute Gasteiger partial charge is 0.318 e. The maximum Gasteiger partial charge on any atom is 0.318 e. The van der Waals surface area contributed by atoms with E-state index >= 15 is 0 Å². The third kappa shape index (κ3) is 2.98. The summed E-state index contributed by atoms with van der Waals surface area (Å²) in [7, 11) is 0. The van der Waals surface area contributed by atoms with Crippen LogP contribution in [-0.2, 0) is 9.53 Å². The second-order valence-corrected chi connectivity index (χ2v) is 4.52. The number of hydrogen-bond acceptors (Lipinski definition) is 7. The summed E-state index contributed by atoms with van der Waals surface area (Å²) in [6, 6.07) is 1.67. The van der Waals surface area contributed by atoms with Crippen molar-refractivity contribution in [1.29, 1.82) is 0 Å². The molecule has 20 heavy (non-hydrogen) atoms. The van der Waals surface area contributed by atoms with E-state index < -0.39 is 5.92 Å². The van der Waals surface area contributed by atoms with Crippen molar-refractivity contribution in [2.24, 2.45) is 5.92 Å². The van der Waals surface area contributed by atoms with Gasteiger partial charge in [0.25, 0.3) is 0 Å². The number of carbonyl (C=O) groups is 1. The highest BCUT2D eigenvalue weighted by Gasteiger charge is 2.31. The van der Waals surface area contributed by atoms with Crippen LogP contribution in [0.5, 0.6) is 0 Å². The Morgan fingerprint density at radius 1 is 1.45 bits per heavy atom. The van der Waals surface area contributed by atoms with E-state index in [-0.39, 0.29) is 17.8 Å². The Hall–Kier alpha value is -2.31. The molecular formula is C13H16N4O3. The van der Waals surface area contributed by atoms with Crippen LogP contribution in [0, 0.1) is 5.92 Å². The van der Waals surface area contributed by atoms with E-state index in [1.807, 2.05) is 13.8 Å². The second kappa shape index (κ2) is 6.23. The van der Waals surface area contributed by atoms with Gasteiger partial charge in [-0.1, -0.05) is 19.0 Å². The Kier molecular flexibility index (Phi) is 4.39. The Labute approximate surface area is 116 Å². The average Bonchev–Trinajstić information content (AvgIpc) is 2.89. The molecule has 0 aliphatic heterocycles. The van der Waals surface area contributed by atoms with Gasteiger partial charge < -0.3 is 9.26 Å². The molecule has 0 aromatic carbocycles. The summed E-state index contributed by atoms with van der Waals surface area (Å²) < 4.78 is 10.2. The van der Waals surface area contributed by atoms with E-state index in [1.165, 1.54) is 6.33 Å². The first kappa shape index (κ1) is 14.1.